The van der Waals surface area contributed by atoms with Crippen LogP contribution in [-0.2, 0) is 20.0 Å². The van der Waals surface area contributed by atoms with Crippen molar-refractivity contribution in [1.82, 2.24) is 14.1 Å². The van der Waals surface area contributed by atoms with Crippen LogP contribution in [0.15, 0.2) is 77.7 Å². The first-order valence-corrected chi connectivity index (χ1v) is 9.09. The van der Waals surface area contributed by atoms with Crippen LogP contribution >= 0.6 is 0 Å². The Hall–Kier alpha value is -3.67. The van der Waals surface area contributed by atoms with Crippen LogP contribution in [-0.4, -0.2) is 20.0 Å². The summed E-state index contributed by atoms with van der Waals surface area (Å²) in [6.07, 6.45) is 2.42. The Kier molecular flexibility index (Phi) is 4.76. The standard InChI is InChI=1S/C22H20N4O2/c1-25-19-11-10-17(23-22(28)16-7-3-2-4-8-16)15-18(19)24-20(25)12-14-26-13-6-5-9-21(26)27/h2-11,13,15H,12,14H2,1H3,(H,23,28). The summed E-state index contributed by atoms with van der Waals surface area (Å²) >= 11 is 0. The predicted molar refractivity (Wildman–Crippen MR) is 110 cm³/mol. The lowest BCUT2D eigenvalue weighted by molar-refractivity contribution is 0.102. The molecule has 0 unspecified atom stereocenters. The van der Waals surface area contributed by atoms with Gasteiger partial charge < -0.3 is 14.5 Å². The number of nitrogens with one attached hydrogen (secondary N) is 1. The minimum atomic E-state index is -0.153. The molecule has 6 heteroatoms. The van der Waals surface area contributed by atoms with E-state index in [0.29, 0.717) is 24.2 Å². The maximum absolute atomic E-state index is 12.3. The maximum Gasteiger partial charge on any atom is 0.255 e. The molecule has 0 saturated heterocycles. The second-order valence-corrected chi connectivity index (χ2v) is 6.59. The predicted octanol–water partition coefficient (Wildman–Crippen LogP) is 3.23. The van der Waals surface area contributed by atoms with Gasteiger partial charge in [0.05, 0.1) is 11.0 Å². The van der Waals surface area contributed by atoms with E-state index in [-0.39, 0.29) is 11.5 Å². The molecule has 1 amide bonds. The Morgan fingerprint density at radius 2 is 1.82 bits per heavy atom. The number of carbonyl (C=O) groups is 1. The van der Waals surface area contributed by atoms with E-state index < -0.39 is 0 Å². The zero-order chi connectivity index (χ0) is 19.5. The van der Waals surface area contributed by atoms with E-state index >= 15 is 0 Å². The molecule has 2 aromatic carbocycles. The molecule has 2 heterocycles. The van der Waals surface area contributed by atoms with Crippen molar-refractivity contribution in [1.29, 1.82) is 0 Å². The molecule has 28 heavy (non-hydrogen) atoms. The molecule has 4 rings (SSSR count). The molecule has 2 aromatic heterocycles. The van der Waals surface area contributed by atoms with Crippen LogP contribution in [0.2, 0.25) is 0 Å². The van der Waals surface area contributed by atoms with Crippen LogP contribution < -0.4 is 10.9 Å². The molecule has 140 valence electrons. The molecule has 0 atom stereocenters. The topological polar surface area (TPSA) is 68.9 Å². The van der Waals surface area contributed by atoms with Gasteiger partial charge in [0, 0.05) is 43.5 Å². The van der Waals surface area contributed by atoms with Crippen LogP contribution in [0.3, 0.4) is 0 Å². The van der Waals surface area contributed by atoms with E-state index in [1.807, 2.05) is 54.1 Å². The number of hydrogen-bond acceptors (Lipinski definition) is 3. The Bertz CT molecular complexity index is 1190. The van der Waals surface area contributed by atoms with Gasteiger partial charge in [0.1, 0.15) is 5.82 Å². The number of fused-ring (bicyclic) bond motifs is 1. The van der Waals surface area contributed by atoms with Crippen molar-refractivity contribution in [3.8, 4) is 0 Å². The van der Waals surface area contributed by atoms with E-state index in [0.717, 1.165) is 16.9 Å². The second-order valence-electron chi connectivity index (χ2n) is 6.59. The Labute approximate surface area is 162 Å². The summed E-state index contributed by atoms with van der Waals surface area (Å²) in [4.78, 5) is 28.9. The SMILES string of the molecule is Cn1c(CCn2ccccc2=O)nc2cc(NC(=O)c3ccccc3)ccc21. The fourth-order valence-electron chi connectivity index (χ4n) is 3.21. The van der Waals surface area contributed by atoms with Crippen LogP contribution in [0.25, 0.3) is 11.0 Å². The smallest absolute Gasteiger partial charge is 0.255 e. The molecular formula is C22H20N4O2. The maximum atomic E-state index is 12.3. The number of pyridine rings is 1. The highest BCUT2D eigenvalue weighted by atomic mass is 16.1. The van der Waals surface area contributed by atoms with Gasteiger partial charge in [-0.15, -0.1) is 0 Å². The number of aromatic nitrogens is 3. The molecule has 0 fully saturated rings. The third kappa shape index (κ3) is 3.57. The number of rotatable bonds is 5. The van der Waals surface area contributed by atoms with Crippen LogP contribution in [0.1, 0.15) is 16.2 Å². The average Bonchev–Trinajstić information content (AvgIpc) is 3.03. The van der Waals surface area contributed by atoms with Gasteiger partial charge in [-0.2, -0.15) is 0 Å². The normalized spacial score (nSPS) is 10.9. The van der Waals surface area contributed by atoms with Gasteiger partial charge in [-0.25, -0.2) is 4.98 Å². The average molecular weight is 372 g/mol. The lowest BCUT2D eigenvalue weighted by Gasteiger charge is -2.06. The monoisotopic (exact) mass is 372 g/mol. The molecule has 0 aliphatic rings. The molecule has 0 spiro atoms. The molecule has 0 aliphatic carbocycles. The number of nitrogens with zero attached hydrogens (tertiary/aromatic N) is 3. The summed E-state index contributed by atoms with van der Waals surface area (Å²) in [5.74, 6) is 0.733. The highest BCUT2D eigenvalue weighted by Crippen LogP contribution is 2.20. The van der Waals surface area contributed by atoms with Gasteiger partial charge in [0.2, 0.25) is 0 Å². The number of hydrogen-bond donors (Lipinski definition) is 1. The summed E-state index contributed by atoms with van der Waals surface area (Å²) in [6, 6.07) is 19.9. The number of amides is 1. The number of anilines is 1. The summed E-state index contributed by atoms with van der Waals surface area (Å²) in [5.41, 5.74) is 3.08. The zero-order valence-corrected chi connectivity index (χ0v) is 15.5. The first-order chi connectivity index (χ1) is 13.6. The van der Waals surface area contributed by atoms with E-state index in [9.17, 15) is 9.59 Å². The molecule has 1 N–H and O–H groups in total. The van der Waals surface area contributed by atoms with E-state index in [1.54, 1.807) is 35.0 Å². The molecule has 0 aliphatic heterocycles. The second kappa shape index (κ2) is 7.52. The molecule has 0 bridgehead atoms. The number of aryl methyl sites for hydroxylation is 3. The molecule has 0 saturated carbocycles. The largest absolute Gasteiger partial charge is 0.331 e. The van der Waals surface area contributed by atoms with E-state index in [2.05, 4.69) is 5.32 Å². The molecular weight excluding hydrogens is 352 g/mol. The van der Waals surface area contributed by atoms with Crippen molar-refractivity contribution in [2.24, 2.45) is 7.05 Å². The Morgan fingerprint density at radius 1 is 1.04 bits per heavy atom. The Morgan fingerprint density at radius 3 is 2.61 bits per heavy atom. The van der Waals surface area contributed by atoms with Crippen molar-refractivity contribution in [3.05, 3.63) is 94.7 Å². The third-order valence-electron chi connectivity index (χ3n) is 4.74. The number of benzene rings is 2. The van der Waals surface area contributed by atoms with Crippen molar-refractivity contribution >= 4 is 22.6 Å². The van der Waals surface area contributed by atoms with Gasteiger partial charge in [-0.3, -0.25) is 9.59 Å². The first-order valence-electron chi connectivity index (χ1n) is 9.09. The first kappa shape index (κ1) is 17.7. The fourth-order valence-corrected chi connectivity index (χ4v) is 3.21. The van der Waals surface area contributed by atoms with Crippen molar-refractivity contribution in [2.75, 3.05) is 5.32 Å². The van der Waals surface area contributed by atoms with Crippen molar-refractivity contribution in [3.63, 3.8) is 0 Å². The van der Waals surface area contributed by atoms with Crippen LogP contribution in [0.5, 0.6) is 0 Å². The third-order valence-corrected chi connectivity index (χ3v) is 4.74. The molecule has 6 nitrogen and oxygen atoms in total. The summed E-state index contributed by atoms with van der Waals surface area (Å²) < 4.78 is 3.69. The van der Waals surface area contributed by atoms with E-state index in [4.69, 9.17) is 4.98 Å². The highest BCUT2D eigenvalue weighted by molar-refractivity contribution is 6.04. The highest BCUT2D eigenvalue weighted by Gasteiger charge is 2.11. The minimum absolute atomic E-state index is 0.0211. The van der Waals surface area contributed by atoms with E-state index in [1.165, 1.54) is 0 Å². The molecule has 0 radical (unpaired) electrons. The Balaban J connectivity index is 1.54. The van der Waals surface area contributed by atoms with Crippen LogP contribution in [0.4, 0.5) is 5.69 Å². The zero-order valence-electron chi connectivity index (χ0n) is 15.5. The van der Waals surface area contributed by atoms with Gasteiger partial charge in [0.15, 0.2) is 0 Å². The summed E-state index contributed by atoms with van der Waals surface area (Å²) in [7, 11) is 1.96. The quantitative estimate of drug-likeness (QED) is 0.585. The van der Waals surface area contributed by atoms with Crippen molar-refractivity contribution in [2.45, 2.75) is 13.0 Å². The van der Waals surface area contributed by atoms with Gasteiger partial charge in [0.25, 0.3) is 11.5 Å². The van der Waals surface area contributed by atoms with Gasteiger partial charge in [-0.1, -0.05) is 24.3 Å². The fraction of sp³-hybridized carbons (Fsp3) is 0.136. The lowest BCUT2D eigenvalue weighted by atomic mass is 10.2. The van der Waals surface area contributed by atoms with Gasteiger partial charge in [-0.05, 0) is 36.4 Å². The number of carbonyl (C=O) groups excluding carboxylic acids is 1. The molecule has 4 aromatic rings. The summed E-state index contributed by atoms with van der Waals surface area (Å²) in [6.45, 7) is 0.564. The number of imidazole rings is 1. The van der Waals surface area contributed by atoms with Gasteiger partial charge >= 0.3 is 0 Å². The summed E-state index contributed by atoms with van der Waals surface area (Å²) in [5, 5.41) is 2.91. The van der Waals surface area contributed by atoms with Crippen LogP contribution in [0, 0.1) is 0 Å². The van der Waals surface area contributed by atoms with Crippen molar-refractivity contribution < 1.29 is 4.79 Å². The minimum Gasteiger partial charge on any atom is -0.331 e. The lowest BCUT2D eigenvalue weighted by Crippen LogP contribution is -2.19.